The molecule has 4 nitrogen and oxygen atoms in total. The summed E-state index contributed by atoms with van der Waals surface area (Å²) in [4.78, 5) is 0.981. The highest BCUT2D eigenvalue weighted by molar-refractivity contribution is 8.68. The van der Waals surface area contributed by atoms with E-state index >= 15 is 0 Å². The number of hydrogen-bond acceptors (Lipinski definition) is 6. The molecule has 1 aromatic carbocycles. The molecule has 0 aliphatic carbocycles. The number of hydrogen-bond donors (Lipinski definition) is 1. The van der Waals surface area contributed by atoms with Crippen LogP contribution in [0.25, 0.3) is 0 Å². The fourth-order valence-electron chi connectivity index (χ4n) is 1.19. The van der Waals surface area contributed by atoms with E-state index in [2.05, 4.69) is 11.7 Å². The van der Waals surface area contributed by atoms with Gasteiger partial charge in [-0.05, 0) is 37.1 Å². The Labute approximate surface area is 123 Å². The van der Waals surface area contributed by atoms with E-state index < -0.39 is 7.82 Å². The van der Waals surface area contributed by atoms with Gasteiger partial charge in [-0.25, -0.2) is 4.57 Å². The molecule has 0 fully saturated rings. The molecule has 1 rings (SSSR count). The van der Waals surface area contributed by atoms with E-state index in [4.69, 9.17) is 13.6 Å². The van der Waals surface area contributed by atoms with Crippen molar-refractivity contribution >= 4 is 30.3 Å². The molecule has 0 N–H and O–H groups in total. The molecule has 108 valence electrons. The summed E-state index contributed by atoms with van der Waals surface area (Å²) in [6.45, 7) is 4.54. The highest BCUT2D eigenvalue weighted by Crippen LogP contribution is 2.49. The van der Waals surface area contributed by atoms with Crippen molar-refractivity contribution in [1.82, 2.24) is 0 Å². The summed E-state index contributed by atoms with van der Waals surface area (Å²) in [7, 11) is -2.19. The summed E-state index contributed by atoms with van der Waals surface area (Å²) in [5.74, 6) is 0.460. The Morgan fingerprint density at radius 3 is 2.05 bits per heavy atom. The van der Waals surface area contributed by atoms with Gasteiger partial charge < -0.3 is 4.52 Å². The van der Waals surface area contributed by atoms with Gasteiger partial charge in [0.05, 0.1) is 13.2 Å². The van der Waals surface area contributed by atoms with Crippen LogP contribution in [0.5, 0.6) is 5.75 Å². The molecule has 0 spiro atoms. The Morgan fingerprint density at radius 2 is 1.63 bits per heavy atom. The Hall–Kier alpha value is -0.130. The Balaban J connectivity index is 2.71. The molecule has 0 aromatic heterocycles. The van der Waals surface area contributed by atoms with Crippen LogP contribution in [-0.2, 0) is 13.6 Å². The van der Waals surface area contributed by atoms with Gasteiger partial charge in [0.25, 0.3) is 0 Å². The molecule has 0 saturated carbocycles. The summed E-state index contributed by atoms with van der Waals surface area (Å²) in [6.07, 6.45) is 1.50. The Morgan fingerprint density at radius 1 is 1.11 bits per heavy atom. The third kappa shape index (κ3) is 6.23. The summed E-state index contributed by atoms with van der Waals surface area (Å²) >= 11 is 4.09. The van der Waals surface area contributed by atoms with Gasteiger partial charge in [0.1, 0.15) is 5.75 Å². The Kier molecular flexibility index (Phi) is 7.95. The van der Waals surface area contributed by atoms with E-state index in [1.807, 2.05) is 26.0 Å². The van der Waals surface area contributed by atoms with Gasteiger partial charge in [0.2, 0.25) is 0 Å². The van der Waals surface area contributed by atoms with Gasteiger partial charge in [-0.3, -0.25) is 9.05 Å². The van der Waals surface area contributed by atoms with Crippen molar-refractivity contribution in [2.24, 2.45) is 0 Å². The lowest BCUT2D eigenvalue weighted by atomic mass is 10.3. The summed E-state index contributed by atoms with van der Waals surface area (Å²) < 4.78 is 28.2. The minimum absolute atomic E-state index is 0.339. The quantitative estimate of drug-likeness (QED) is 0.395. The Bertz CT molecular complexity index is 399. The predicted molar refractivity (Wildman–Crippen MR) is 82.0 cm³/mol. The maximum Gasteiger partial charge on any atom is 0.530 e. The maximum atomic E-state index is 12.4. The molecule has 0 radical (unpaired) electrons. The highest BCUT2D eigenvalue weighted by atomic mass is 33.1. The van der Waals surface area contributed by atoms with Crippen molar-refractivity contribution < 1.29 is 18.1 Å². The van der Waals surface area contributed by atoms with Crippen LogP contribution >= 0.6 is 30.3 Å². The van der Waals surface area contributed by atoms with Crippen molar-refractivity contribution in [2.45, 2.75) is 31.6 Å². The van der Waals surface area contributed by atoms with E-state index in [1.165, 1.54) is 10.8 Å². The third-order valence-electron chi connectivity index (χ3n) is 2.05. The molecule has 19 heavy (non-hydrogen) atoms. The smallest absolute Gasteiger partial charge is 0.404 e. The van der Waals surface area contributed by atoms with Gasteiger partial charge in [0, 0.05) is 4.90 Å². The van der Waals surface area contributed by atoms with E-state index in [0.29, 0.717) is 19.0 Å². The molecule has 1 aromatic rings. The average molecular weight is 322 g/mol. The van der Waals surface area contributed by atoms with Crippen LogP contribution in [0.1, 0.15) is 26.7 Å². The van der Waals surface area contributed by atoms with E-state index in [-0.39, 0.29) is 0 Å². The van der Waals surface area contributed by atoms with Crippen molar-refractivity contribution in [2.75, 3.05) is 13.2 Å². The fraction of sp³-hybridized carbons (Fsp3) is 0.500. The predicted octanol–water partition coefficient (Wildman–Crippen LogP) is 4.96. The standard InChI is InChI=1S/C12H19O4PS2/c1-3-9-14-17(13,15-10-4-2)16-11-5-7-12(19-18)8-6-11/h5-8,18H,3-4,9-10H2,1-2H3. The second-order valence-electron chi connectivity index (χ2n) is 3.77. The first kappa shape index (κ1) is 16.9. The summed E-state index contributed by atoms with van der Waals surface area (Å²) in [6, 6.07) is 7.10. The second-order valence-corrected chi connectivity index (χ2v) is 6.56. The van der Waals surface area contributed by atoms with Crippen LogP contribution in [0.15, 0.2) is 29.2 Å². The number of phosphoric ester groups is 1. The van der Waals surface area contributed by atoms with Crippen LogP contribution in [0, 0.1) is 0 Å². The number of phosphoric acid groups is 1. The van der Waals surface area contributed by atoms with E-state index in [9.17, 15) is 4.57 Å². The zero-order valence-corrected chi connectivity index (χ0v) is 13.7. The molecule has 0 bridgehead atoms. The normalized spacial score (nSPS) is 11.5. The summed E-state index contributed by atoms with van der Waals surface area (Å²) in [5.41, 5.74) is 0. The molecular weight excluding hydrogens is 303 g/mol. The van der Waals surface area contributed by atoms with Gasteiger partial charge in [0.15, 0.2) is 0 Å². The maximum absolute atomic E-state index is 12.4. The molecular formula is C12H19O4PS2. The lowest BCUT2D eigenvalue weighted by Crippen LogP contribution is -2.04. The summed E-state index contributed by atoms with van der Waals surface area (Å²) in [5, 5.41) is 0. The number of thiol groups is 1. The molecule has 0 heterocycles. The largest absolute Gasteiger partial charge is 0.530 e. The van der Waals surface area contributed by atoms with Crippen molar-refractivity contribution in [3.05, 3.63) is 24.3 Å². The molecule has 0 amide bonds. The molecule has 7 heteroatoms. The lowest BCUT2D eigenvalue weighted by molar-refractivity contribution is 0.155. The van der Waals surface area contributed by atoms with Crippen LogP contribution in [0.4, 0.5) is 0 Å². The first-order chi connectivity index (χ1) is 9.13. The number of rotatable bonds is 9. The van der Waals surface area contributed by atoms with E-state index in [0.717, 1.165) is 17.7 Å². The van der Waals surface area contributed by atoms with Crippen LogP contribution in [0.2, 0.25) is 0 Å². The molecule has 0 unspecified atom stereocenters. The van der Waals surface area contributed by atoms with E-state index in [1.54, 1.807) is 12.1 Å². The molecule has 0 atom stereocenters. The third-order valence-corrected chi connectivity index (χ3v) is 4.60. The molecule has 0 saturated heterocycles. The first-order valence-electron chi connectivity index (χ1n) is 6.13. The average Bonchev–Trinajstić information content (AvgIpc) is 2.44. The van der Waals surface area contributed by atoms with Gasteiger partial charge in [-0.2, -0.15) is 0 Å². The van der Waals surface area contributed by atoms with Crippen molar-refractivity contribution in [1.29, 1.82) is 0 Å². The minimum Gasteiger partial charge on any atom is -0.404 e. The van der Waals surface area contributed by atoms with Gasteiger partial charge >= 0.3 is 7.82 Å². The monoisotopic (exact) mass is 322 g/mol. The zero-order valence-electron chi connectivity index (χ0n) is 11.1. The first-order valence-corrected chi connectivity index (χ1v) is 9.46. The van der Waals surface area contributed by atoms with Crippen LogP contribution < -0.4 is 4.52 Å². The second kappa shape index (κ2) is 8.93. The van der Waals surface area contributed by atoms with Crippen molar-refractivity contribution in [3.63, 3.8) is 0 Å². The zero-order chi connectivity index (χ0) is 14.1. The van der Waals surface area contributed by atoms with Gasteiger partial charge in [-0.1, -0.05) is 24.6 Å². The fourth-order valence-corrected chi connectivity index (χ4v) is 3.18. The van der Waals surface area contributed by atoms with Crippen LogP contribution in [0.3, 0.4) is 0 Å². The minimum atomic E-state index is -3.52. The molecule has 0 aliphatic heterocycles. The molecule has 0 aliphatic rings. The van der Waals surface area contributed by atoms with Crippen LogP contribution in [-0.4, -0.2) is 13.2 Å². The SMILES string of the molecule is CCCOP(=O)(OCCC)Oc1ccc(SS)cc1. The van der Waals surface area contributed by atoms with Crippen molar-refractivity contribution in [3.8, 4) is 5.75 Å². The topological polar surface area (TPSA) is 44.8 Å². The highest BCUT2D eigenvalue weighted by Gasteiger charge is 2.27. The lowest BCUT2D eigenvalue weighted by Gasteiger charge is -2.18. The number of benzene rings is 1. The van der Waals surface area contributed by atoms with Gasteiger partial charge in [-0.15, -0.1) is 11.7 Å².